The van der Waals surface area contributed by atoms with Crippen LogP contribution < -0.4 is 11.1 Å². The number of hydrogen-bond donors (Lipinski definition) is 2. The molecule has 1 aliphatic rings. The maximum absolute atomic E-state index is 11.4. The van der Waals surface area contributed by atoms with E-state index in [1.807, 2.05) is 6.92 Å². The number of nitrogens with one attached hydrogen (secondary N) is 1. The molecule has 0 aromatic rings. The molecular weight excluding hydrogens is 240 g/mol. The van der Waals surface area contributed by atoms with E-state index in [0.29, 0.717) is 6.42 Å². The number of amides is 1. The van der Waals surface area contributed by atoms with Crippen molar-refractivity contribution in [2.24, 2.45) is 5.73 Å². The molecule has 0 aliphatic carbocycles. The van der Waals surface area contributed by atoms with E-state index in [9.17, 15) is 4.79 Å². The van der Waals surface area contributed by atoms with Crippen molar-refractivity contribution in [3.63, 3.8) is 0 Å². The van der Waals surface area contributed by atoms with Crippen molar-refractivity contribution in [2.45, 2.75) is 32.6 Å². The Balaban J connectivity index is 2.03. The average Bonchev–Trinajstić information content (AvgIpc) is 2.43. The van der Waals surface area contributed by atoms with E-state index in [1.54, 1.807) is 0 Å². The molecule has 3 N–H and O–H groups in total. The number of nitrogens with zero attached hydrogens (tertiary/aromatic N) is 2. The van der Waals surface area contributed by atoms with Crippen molar-refractivity contribution in [1.29, 1.82) is 0 Å². The van der Waals surface area contributed by atoms with Crippen molar-refractivity contribution in [3.8, 4) is 0 Å². The highest BCUT2D eigenvalue weighted by Gasteiger charge is 2.16. The van der Waals surface area contributed by atoms with Crippen LogP contribution in [0.25, 0.3) is 0 Å². The topological polar surface area (TPSA) is 61.6 Å². The molecule has 112 valence electrons. The molecule has 1 fully saturated rings. The summed E-state index contributed by atoms with van der Waals surface area (Å²) < 4.78 is 0. The van der Waals surface area contributed by atoms with Crippen molar-refractivity contribution in [3.05, 3.63) is 0 Å². The van der Waals surface area contributed by atoms with Gasteiger partial charge in [-0.1, -0.05) is 6.42 Å². The lowest BCUT2D eigenvalue weighted by Crippen LogP contribution is -2.47. The number of hydrogen-bond acceptors (Lipinski definition) is 4. The fourth-order valence-electron chi connectivity index (χ4n) is 2.44. The van der Waals surface area contributed by atoms with Crippen molar-refractivity contribution < 1.29 is 4.79 Å². The minimum atomic E-state index is 0.173. The van der Waals surface area contributed by atoms with E-state index in [1.165, 1.54) is 19.4 Å². The van der Waals surface area contributed by atoms with Gasteiger partial charge in [0, 0.05) is 45.7 Å². The summed E-state index contributed by atoms with van der Waals surface area (Å²) in [6.45, 7) is 10.1. The van der Waals surface area contributed by atoms with Gasteiger partial charge >= 0.3 is 0 Å². The van der Waals surface area contributed by atoms with Gasteiger partial charge in [0.05, 0.1) is 0 Å². The summed E-state index contributed by atoms with van der Waals surface area (Å²) in [7, 11) is 0. The number of nitrogens with two attached hydrogens (primary N) is 1. The Kier molecular flexibility index (Phi) is 8.79. The van der Waals surface area contributed by atoms with Crippen LogP contribution in [0.5, 0.6) is 0 Å². The van der Waals surface area contributed by atoms with Crippen molar-refractivity contribution in [1.82, 2.24) is 15.1 Å². The van der Waals surface area contributed by atoms with Gasteiger partial charge < -0.3 is 20.9 Å². The normalized spacial score (nSPS) is 17.6. The minimum Gasteiger partial charge on any atom is -0.356 e. The third-order valence-corrected chi connectivity index (χ3v) is 3.67. The monoisotopic (exact) mass is 270 g/mol. The largest absolute Gasteiger partial charge is 0.356 e. The van der Waals surface area contributed by atoms with E-state index in [-0.39, 0.29) is 5.91 Å². The molecule has 0 radical (unpaired) electrons. The van der Waals surface area contributed by atoms with Gasteiger partial charge in [-0.15, -0.1) is 0 Å². The van der Waals surface area contributed by atoms with Crippen LogP contribution in [-0.2, 0) is 4.79 Å². The van der Waals surface area contributed by atoms with Gasteiger partial charge in [-0.2, -0.15) is 0 Å². The molecule has 1 aliphatic heterocycles. The summed E-state index contributed by atoms with van der Waals surface area (Å²) in [6.07, 6.45) is 4.28. The molecule has 1 saturated heterocycles. The summed E-state index contributed by atoms with van der Waals surface area (Å²) in [4.78, 5) is 16.3. The lowest BCUT2D eigenvalue weighted by Gasteiger charge is -2.34. The zero-order valence-electron chi connectivity index (χ0n) is 12.4. The van der Waals surface area contributed by atoms with Crippen LogP contribution in [0.3, 0.4) is 0 Å². The SMILES string of the molecule is CCNC(=O)CCN1CCN(CCCCCN)CC1. The number of unbranched alkanes of at least 4 members (excludes halogenated alkanes) is 2. The van der Waals surface area contributed by atoms with Crippen LogP contribution in [0, 0.1) is 0 Å². The second kappa shape index (κ2) is 10.2. The van der Waals surface area contributed by atoms with Gasteiger partial charge in [-0.25, -0.2) is 0 Å². The summed E-state index contributed by atoms with van der Waals surface area (Å²) >= 11 is 0. The Labute approximate surface area is 117 Å². The molecule has 0 saturated carbocycles. The maximum atomic E-state index is 11.4. The molecule has 5 nitrogen and oxygen atoms in total. The fourth-order valence-corrected chi connectivity index (χ4v) is 2.44. The highest BCUT2D eigenvalue weighted by molar-refractivity contribution is 5.75. The Hall–Kier alpha value is -0.650. The summed E-state index contributed by atoms with van der Waals surface area (Å²) in [5.74, 6) is 0.173. The minimum absolute atomic E-state index is 0.173. The smallest absolute Gasteiger partial charge is 0.221 e. The Morgan fingerprint density at radius 1 is 1.05 bits per heavy atom. The molecule has 0 aromatic carbocycles. The van der Waals surface area contributed by atoms with E-state index in [0.717, 1.165) is 52.2 Å². The lowest BCUT2D eigenvalue weighted by atomic mass is 10.2. The van der Waals surface area contributed by atoms with Gasteiger partial charge in [0.25, 0.3) is 0 Å². The molecule has 0 aromatic heterocycles. The summed E-state index contributed by atoms with van der Waals surface area (Å²) in [6, 6.07) is 0. The van der Waals surface area contributed by atoms with Crippen LogP contribution in [-0.4, -0.2) is 68.1 Å². The molecule has 19 heavy (non-hydrogen) atoms. The molecule has 1 heterocycles. The Bertz CT molecular complexity index is 240. The first kappa shape index (κ1) is 16.4. The molecule has 1 rings (SSSR count). The first-order valence-corrected chi connectivity index (χ1v) is 7.67. The van der Waals surface area contributed by atoms with Crippen molar-refractivity contribution in [2.75, 3.05) is 52.4 Å². The number of carbonyl (C=O) groups excluding carboxylic acids is 1. The van der Waals surface area contributed by atoms with Crippen LogP contribution >= 0.6 is 0 Å². The van der Waals surface area contributed by atoms with Crippen LogP contribution in [0.4, 0.5) is 0 Å². The van der Waals surface area contributed by atoms with Gasteiger partial charge in [-0.3, -0.25) is 4.79 Å². The van der Waals surface area contributed by atoms with E-state index >= 15 is 0 Å². The zero-order valence-corrected chi connectivity index (χ0v) is 12.4. The zero-order chi connectivity index (χ0) is 13.9. The third kappa shape index (κ3) is 7.50. The van der Waals surface area contributed by atoms with Crippen LogP contribution in [0.2, 0.25) is 0 Å². The second-order valence-corrected chi connectivity index (χ2v) is 5.24. The number of rotatable bonds is 9. The first-order chi connectivity index (χ1) is 9.26. The molecule has 0 bridgehead atoms. The Morgan fingerprint density at radius 2 is 1.68 bits per heavy atom. The maximum Gasteiger partial charge on any atom is 0.221 e. The molecule has 0 unspecified atom stereocenters. The first-order valence-electron chi connectivity index (χ1n) is 7.67. The van der Waals surface area contributed by atoms with Gasteiger partial charge in [0.2, 0.25) is 5.91 Å². The van der Waals surface area contributed by atoms with Gasteiger partial charge in [0.15, 0.2) is 0 Å². The predicted octanol–water partition coefficient (Wildman–Crippen LogP) is 0.259. The average molecular weight is 270 g/mol. The highest BCUT2D eigenvalue weighted by Crippen LogP contribution is 2.05. The number of carbonyl (C=O) groups is 1. The van der Waals surface area contributed by atoms with E-state index in [2.05, 4.69) is 15.1 Å². The van der Waals surface area contributed by atoms with Crippen LogP contribution in [0.15, 0.2) is 0 Å². The van der Waals surface area contributed by atoms with Crippen LogP contribution in [0.1, 0.15) is 32.6 Å². The molecule has 1 amide bonds. The summed E-state index contributed by atoms with van der Waals surface area (Å²) in [5.41, 5.74) is 5.49. The Morgan fingerprint density at radius 3 is 2.26 bits per heavy atom. The van der Waals surface area contributed by atoms with Gasteiger partial charge in [0.1, 0.15) is 0 Å². The summed E-state index contributed by atoms with van der Waals surface area (Å²) in [5, 5.41) is 2.85. The van der Waals surface area contributed by atoms with Gasteiger partial charge in [-0.05, 0) is 32.9 Å². The molecular formula is C14H30N4O. The van der Waals surface area contributed by atoms with Crippen molar-refractivity contribution >= 4 is 5.91 Å². The van der Waals surface area contributed by atoms with E-state index in [4.69, 9.17) is 5.73 Å². The lowest BCUT2D eigenvalue weighted by molar-refractivity contribution is -0.121. The number of piperazine rings is 1. The molecule has 0 atom stereocenters. The van der Waals surface area contributed by atoms with E-state index < -0.39 is 0 Å². The fraction of sp³-hybridized carbons (Fsp3) is 0.929. The molecule has 0 spiro atoms. The molecule has 5 heteroatoms. The predicted molar refractivity (Wildman–Crippen MR) is 79.1 cm³/mol. The highest BCUT2D eigenvalue weighted by atomic mass is 16.1. The standard InChI is InChI=1S/C14H30N4O/c1-2-16-14(19)6-9-18-12-10-17(11-13-18)8-5-3-4-7-15/h2-13,15H2,1H3,(H,16,19). The third-order valence-electron chi connectivity index (χ3n) is 3.67. The quantitative estimate of drug-likeness (QED) is 0.590. The second-order valence-electron chi connectivity index (χ2n) is 5.24.